The number of hydrogen-bond acceptors (Lipinski definition) is 5. The van der Waals surface area contributed by atoms with E-state index in [9.17, 15) is 9.59 Å². The molecule has 0 saturated heterocycles. The normalized spacial score (nSPS) is 10.4. The predicted molar refractivity (Wildman–Crippen MR) is 58.0 cm³/mol. The molecule has 0 amide bonds. The lowest BCUT2D eigenvalue weighted by Crippen LogP contribution is -2.11. The minimum atomic E-state index is -0.553. The molecular formula is C10H9NO4S. The SMILES string of the molecule is COC(=O)c1sc2cccn2c1C(=O)OC. The average Bonchev–Trinajstić information content (AvgIpc) is 2.86. The number of ether oxygens (including phenoxy) is 2. The summed E-state index contributed by atoms with van der Waals surface area (Å²) in [6, 6.07) is 3.60. The lowest BCUT2D eigenvalue weighted by molar-refractivity contribution is 0.0553. The first-order valence-corrected chi connectivity index (χ1v) is 5.27. The summed E-state index contributed by atoms with van der Waals surface area (Å²) >= 11 is 1.19. The monoisotopic (exact) mass is 239 g/mol. The van der Waals surface area contributed by atoms with Crippen LogP contribution in [0.2, 0.25) is 0 Å². The number of hydrogen-bond donors (Lipinski definition) is 0. The van der Waals surface area contributed by atoms with Gasteiger partial charge in [0.15, 0.2) is 5.69 Å². The number of fused-ring (bicyclic) bond motifs is 1. The van der Waals surface area contributed by atoms with Crippen LogP contribution in [0.25, 0.3) is 4.83 Å². The zero-order valence-corrected chi connectivity index (χ0v) is 9.54. The van der Waals surface area contributed by atoms with Crippen molar-refractivity contribution in [3.63, 3.8) is 0 Å². The molecule has 0 aliphatic heterocycles. The Morgan fingerprint density at radius 3 is 2.56 bits per heavy atom. The largest absolute Gasteiger partial charge is 0.465 e. The van der Waals surface area contributed by atoms with Gasteiger partial charge in [0.1, 0.15) is 9.71 Å². The van der Waals surface area contributed by atoms with Crippen LogP contribution in [0, 0.1) is 0 Å². The molecule has 0 spiro atoms. The molecule has 2 aromatic heterocycles. The van der Waals surface area contributed by atoms with Gasteiger partial charge in [0, 0.05) is 6.20 Å². The fourth-order valence-corrected chi connectivity index (χ4v) is 2.47. The maximum atomic E-state index is 11.6. The first-order chi connectivity index (χ1) is 7.69. The van der Waals surface area contributed by atoms with E-state index in [0.717, 1.165) is 4.83 Å². The topological polar surface area (TPSA) is 57.0 Å². The van der Waals surface area contributed by atoms with E-state index in [0.29, 0.717) is 0 Å². The molecule has 6 heteroatoms. The number of methoxy groups -OCH3 is 2. The third-order valence-electron chi connectivity index (χ3n) is 2.12. The van der Waals surface area contributed by atoms with Crippen LogP contribution in [-0.2, 0) is 9.47 Å². The number of thiazole rings is 1. The van der Waals surface area contributed by atoms with Crippen molar-refractivity contribution in [2.75, 3.05) is 14.2 Å². The maximum Gasteiger partial charge on any atom is 0.356 e. The molecular weight excluding hydrogens is 230 g/mol. The Morgan fingerprint density at radius 1 is 1.25 bits per heavy atom. The molecule has 0 fully saturated rings. The van der Waals surface area contributed by atoms with E-state index in [1.165, 1.54) is 25.6 Å². The number of rotatable bonds is 2. The van der Waals surface area contributed by atoms with Gasteiger partial charge in [-0.3, -0.25) is 0 Å². The zero-order chi connectivity index (χ0) is 11.7. The quantitative estimate of drug-likeness (QED) is 0.746. The van der Waals surface area contributed by atoms with Gasteiger partial charge < -0.3 is 13.9 Å². The molecule has 84 valence electrons. The van der Waals surface area contributed by atoms with E-state index in [-0.39, 0.29) is 10.6 Å². The van der Waals surface area contributed by atoms with E-state index in [1.54, 1.807) is 16.7 Å². The molecule has 2 aromatic rings. The predicted octanol–water partition coefficient (Wildman–Crippen LogP) is 1.57. The number of carbonyl (C=O) groups is 2. The van der Waals surface area contributed by atoms with Gasteiger partial charge in [0.25, 0.3) is 0 Å². The van der Waals surface area contributed by atoms with Gasteiger partial charge in [-0.2, -0.15) is 0 Å². The molecule has 0 saturated carbocycles. The summed E-state index contributed by atoms with van der Waals surface area (Å²) < 4.78 is 10.9. The Labute approximate surface area is 95.2 Å². The second-order valence-corrected chi connectivity index (χ2v) is 4.01. The molecule has 2 rings (SSSR count). The summed E-state index contributed by atoms with van der Waals surface area (Å²) in [5.74, 6) is -1.09. The number of nitrogens with zero attached hydrogens (tertiary/aromatic N) is 1. The molecule has 0 bridgehead atoms. The van der Waals surface area contributed by atoms with Crippen LogP contribution in [0.4, 0.5) is 0 Å². The summed E-state index contributed by atoms with van der Waals surface area (Å²) in [5.41, 5.74) is 0.208. The van der Waals surface area contributed by atoms with Crippen molar-refractivity contribution < 1.29 is 19.1 Å². The van der Waals surface area contributed by atoms with E-state index in [2.05, 4.69) is 9.47 Å². The van der Waals surface area contributed by atoms with E-state index < -0.39 is 11.9 Å². The van der Waals surface area contributed by atoms with Crippen molar-refractivity contribution in [3.8, 4) is 0 Å². The lowest BCUT2D eigenvalue weighted by atomic mass is 10.3. The smallest absolute Gasteiger partial charge is 0.356 e. The number of carbonyl (C=O) groups excluding carboxylic acids is 2. The van der Waals surface area contributed by atoms with Gasteiger partial charge in [-0.25, -0.2) is 9.59 Å². The van der Waals surface area contributed by atoms with Crippen molar-refractivity contribution in [1.82, 2.24) is 4.40 Å². The van der Waals surface area contributed by atoms with Crippen molar-refractivity contribution in [2.24, 2.45) is 0 Å². The minimum Gasteiger partial charge on any atom is -0.465 e. The summed E-state index contributed by atoms with van der Waals surface area (Å²) in [6.45, 7) is 0. The Morgan fingerprint density at radius 2 is 1.94 bits per heavy atom. The Balaban J connectivity index is 2.67. The van der Waals surface area contributed by atoms with Crippen LogP contribution in [-0.4, -0.2) is 30.6 Å². The Hall–Kier alpha value is -1.82. The fraction of sp³-hybridized carbons (Fsp3) is 0.200. The van der Waals surface area contributed by atoms with Gasteiger partial charge in [0.2, 0.25) is 0 Å². The second kappa shape index (κ2) is 3.97. The van der Waals surface area contributed by atoms with Gasteiger partial charge in [0.05, 0.1) is 14.2 Å². The highest BCUT2D eigenvalue weighted by atomic mass is 32.1. The lowest BCUT2D eigenvalue weighted by Gasteiger charge is -2.00. The summed E-state index contributed by atoms with van der Waals surface area (Å²) in [6.07, 6.45) is 1.70. The van der Waals surface area contributed by atoms with E-state index in [1.807, 2.05) is 6.07 Å². The maximum absolute atomic E-state index is 11.6. The molecule has 0 N–H and O–H groups in total. The van der Waals surface area contributed by atoms with Gasteiger partial charge >= 0.3 is 11.9 Å². The van der Waals surface area contributed by atoms with Crippen LogP contribution in [0.5, 0.6) is 0 Å². The molecule has 16 heavy (non-hydrogen) atoms. The first kappa shape index (κ1) is 10.7. The van der Waals surface area contributed by atoms with Gasteiger partial charge in [-0.05, 0) is 12.1 Å². The molecule has 0 aliphatic carbocycles. The van der Waals surface area contributed by atoms with Gasteiger partial charge in [-0.1, -0.05) is 0 Å². The summed E-state index contributed by atoms with van der Waals surface area (Å²) in [4.78, 5) is 24.1. The summed E-state index contributed by atoms with van der Waals surface area (Å²) in [5, 5.41) is 0. The third-order valence-corrected chi connectivity index (χ3v) is 3.23. The highest BCUT2D eigenvalue weighted by Gasteiger charge is 2.24. The third kappa shape index (κ3) is 1.47. The minimum absolute atomic E-state index is 0.208. The molecule has 0 aromatic carbocycles. The standard InChI is InChI=1S/C10H9NO4S/c1-14-9(12)7-8(10(13)15-2)16-6-4-3-5-11(6)7/h3-5H,1-2H3. The molecule has 0 unspecified atom stereocenters. The Kier molecular flexibility index (Phi) is 2.66. The van der Waals surface area contributed by atoms with Crippen LogP contribution < -0.4 is 0 Å². The first-order valence-electron chi connectivity index (χ1n) is 4.45. The van der Waals surface area contributed by atoms with Crippen LogP contribution in [0.1, 0.15) is 20.2 Å². The number of esters is 2. The van der Waals surface area contributed by atoms with Gasteiger partial charge in [-0.15, -0.1) is 11.3 Å². The van der Waals surface area contributed by atoms with Crippen LogP contribution in [0.3, 0.4) is 0 Å². The molecule has 2 heterocycles. The zero-order valence-electron chi connectivity index (χ0n) is 8.72. The van der Waals surface area contributed by atoms with E-state index >= 15 is 0 Å². The van der Waals surface area contributed by atoms with Crippen LogP contribution in [0.15, 0.2) is 18.3 Å². The van der Waals surface area contributed by atoms with Crippen molar-refractivity contribution in [3.05, 3.63) is 28.9 Å². The van der Waals surface area contributed by atoms with Crippen molar-refractivity contribution in [1.29, 1.82) is 0 Å². The molecule has 0 atom stereocenters. The van der Waals surface area contributed by atoms with Crippen molar-refractivity contribution in [2.45, 2.75) is 0 Å². The Bertz CT molecular complexity index is 554. The van der Waals surface area contributed by atoms with Crippen LogP contribution >= 0.6 is 11.3 Å². The molecule has 0 aliphatic rings. The average molecular weight is 239 g/mol. The fourth-order valence-electron chi connectivity index (χ4n) is 1.41. The summed E-state index contributed by atoms with van der Waals surface area (Å²) in [7, 11) is 2.55. The molecule has 0 radical (unpaired) electrons. The highest BCUT2D eigenvalue weighted by molar-refractivity contribution is 7.19. The second-order valence-electron chi connectivity index (χ2n) is 2.98. The van der Waals surface area contributed by atoms with Crippen molar-refractivity contribution >= 4 is 28.1 Å². The highest BCUT2D eigenvalue weighted by Crippen LogP contribution is 2.25. The molecule has 5 nitrogen and oxygen atoms in total. The number of aromatic nitrogens is 1. The van der Waals surface area contributed by atoms with E-state index in [4.69, 9.17) is 0 Å².